The minimum absolute atomic E-state index is 0.0521. The van der Waals surface area contributed by atoms with Crippen LogP contribution >= 0.6 is 0 Å². The Bertz CT molecular complexity index is 757. The molecule has 0 saturated heterocycles. The minimum Gasteiger partial charge on any atom is -0.390 e. The van der Waals surface area contributed by atoms with E-state index in [1.807, 2.05) is 30.3 Å². The zero-order valence-corrected chi connectivity index (χ0v) is 15.2. The van der Waals surface area contributed by atoms with E-state index in [2.05, 4.69) is 36.3 Å². The van der Waals surface area contributed by atoms with Crippen LogP contribution in [0.4, 0.5) is 0 Å². The van der Waals surface area contributed by atoms with E-state index >= 15 is 0 Å². The van der Waals surface area contributed by atoms with Crippen molar-refractivity contribution in [1.82, 2.24) is 4.90 Å². The molecule has 0 aromatic heterocycles. The Morgan fingerprint density at radius 3 is 2.62 bits per heavy atom. The van der Waals surface area contributed by atoms with E-state index in [0.29, 0.717) is 19.5 Å². The molecule has 136 valence electrons. The van der Waals surface area contributed by atoms with E-state index in [0.717, 1.165) is 16.8 Å². The fraction of sp³-hybridized carbons (Fsp3) is 0.333. The van der Waals surface area contributed by atoms with E-state index in [1.54, 1.807) is 4.90 Å². The summed E-state index contributed by atoms with van der Waals surface area (Å²) in [5.74, 6) is -0.0521. The highest BCUT2D eigenvalue weighted by molar-refractivity contribution is 6.01. The first-order chi connectivity index (χ1) is 12.7. The third kappa shape index (κ3) is 4.70. The van der Waals surface area contributed by atoms with E-state index in [4.69, 9.17) is 9.57 Å². The number of carbonyl (C=O) groups is 1. The molecule has 1 heterocycles. The number of carbonyl (C=O) groups excluding carboxylic acids is 1. The quantitative estimate of drug-likeness (QED) is 0.769. The third-order valence-corrected chi connectivity index (χ3v) is 4.38. The van der Waals surface area contributed by atoms with Gasteiger partial charge in [0, 0.05) is 20.1 Å². The zero-order valence-electron chi connectivity index (χ0n) is 15.2. The van der Waals surface area contributed by atoms with Crippen molar-refractivity contribution in [2.24, 2.45) is 5.16 Å². The molecule has 5 nitrogen and oxygen atoms in total. The molecule has 0 radical (unpaired) electrons. The summed E-state index contributed by atoms with van der Waals surface area (Å²) in [6.07, 6.45) is 0.546. The first-order valence-corrected chi connectivity index (χ1v) is 8.76. The van der Waals surface area contributed by atoms with Crippen molar-refractivity contribution in [2.45, 2.75) is 26.0 Å². The summed E-state index contributed by atoms with van der Waals surface area (Å²) in [5.41, 5.74) is 4.28. The highest BCUT2D eigenvalue weighted by atomic mass is 16.6. The summed E-state index contributed by atoms with van der Waals surface area (Å²) in [6, 6.07) is 18.2. The van der Waals surface area contributed by atoms with Crippen LogP contribution in [0.5, 0.6) is 0 Å². The number of nitrogens with zero attached hydrogens (tertiary/aromatic N) is 2. The molecule has 0 saturated carbocycles. The SMILES string of the molecule is COCC(=O)N(Cc1ccccc1)C[C@@H]1CC(c2ccc(C)cc2)=NO1. The molecule has 0 spiro atoms. The van der Waals surface area contributed by atoms with Gasteiger partial charge in [-0.3, -0.25) is 4.79 Å². The maximum Gasteiger partial charge on any atom is 0.248 e. The van der Waals surface area contributed by atoms with Gasteiger partial charge < -0.3 is 14.5 Å². The fourth-order valence-electron chi connectivity index (χ4n) is 2.96. The number of benzene rings is 2. The molecule has 1 amide bonds. The van der Waals surface area contributed by atoms with Crippen LogP contribution in [0.25, 0.3) is 0 Å². The summed E-state index contributed by atoms with van der Waals surface area (Å²) in [5, 5.41) is 4.23. The number of hydrogen-bond donors (Lipinski definition) is 0. The lowest BCUT2D eigenvalue weighted by Crippen LogP contribution is -2.39. The van der Waals surface area contributed by atoms with Gasteiger partial charge in [0.1, 0.15) is 6.61 Å². The van der Waals surface area contributed by atoms with Crippen LogP contribution < -0.4 is 0 Å². The number of rotatable bonds is 7. The molecule has 2 aromatic carbocycles. The number of ether oxygens (including phenoxy) is 1. The largest absolute Gasteiger partial charge is 0.390 e. The molecule has 1 atom stereocenters. The normalized spacial score (nSPS) is 16.1. The molecule has 1 aliphatic rings. The molecule has 0 fully saturated rings. The summed E-state index contributed by atoms with van der Waals surface area (Å²) in [7, 11) is 1.53. The molecular weight excluding hydrogens is 328 g/mol. The van der Waals surface area contributed by atoms with E-state index < -0.39 is 0 Å². The molecule has 26 heavy (non-hydrogen) atoms. The Morgan fingerprint density at radius 2 is 1.92 bits per heavy atom. The number of oxime groups is 1. The van der Waals surface area contributed by atoms with Crippen LogP contribution in [0.1, 0.15) is 23.1 Å². The predicted octanol–water partition coefficient (Wildman–Crippen LogP) is 3.16. The van der Waals surface area contributed by atoms with E-state index in [1.165, 1.54) is 12.7 Å². The molecule has 0 unspecified atom stereocenters. The number of methoxy groups -OCH3 is 1. The highest BCUT2D eigenvalue weighted by Crippen LogP contribution is 2.19. The van der Waals surface area contributed by atoms with Gasteiger partial charge in [0.25, 0.3) is 0 Å². The molecule has 0 aliphatic carbocycles. The summed E-state index contributed by atoms with van der Waals surface area (Å²) < 4.78 is 5.03. The topological polar surface area (TPSA) is 51.1 Å². The summed E-state index contributed by atoms with van der Waals surface area (Å²) in [6.45, 7) is 3.13. The maximum absolute atomic E-state index is 12.4. The molecule has 0 N–H and O–H groups in total. The fourth-order valence-corrected chi connectivity index (χ4v) is 2.96. The van der Waals surface area contributed by atoms with Gasteiger partial charge in [-0.25, -0.2) is 0 Å². The minimum atomic E-state index is -0.143. The zero-order chi connectivity index (χ0) is 18.4. The number of amides is 1. The molecule has 1 aliphatic heterocycles. The van der Waals surface area contributed by atoms with Gasteiger partial charge in [-0.05, 0) is 18.1 Å². The Labute approximate surface area is 154 Å². The second kappa shape index (κ2) is 8.63. The van der Waals surface area contributed by atoms with Crippen LogP contribution in [0.3, 0.4) is 0 Å². The second-order valence-corrected chi connectivity index (χ2v) is 6.53. The molecule has 3 rings (SSSR count). The van der Waals surface area contributed by atoms with Crippen molar-refractivity contribution in [1.29, 1.82) is 0 Å². The van der Waals surface area contributed by atoms with Gasteiger partial charge in [-0.2, -0.15) is 0 Å². The van der Waals surface area contributed by atoms with Crippen molar-refractivity contribution in [3.05, 3.63) is 71.3 Å². The van der Waals surface area contributed by atoms with Gasteiger partial charge in [-0.15, -0.1) is 0 Å². The van der Waals surface area contributed by atoms with Gasteiger partial charge in [-0.1, -0.05) is 65.3 Å². The molecule has 5 heteroatoms. The Kier molecular flexibility index (Phi) is 6.02. The monoisotopic (exact) mass is 352 g/mol. The van der Waals surface area contributed by atoms with Crippen molar-refractivity contribution in [3.8, 4) is 0 Å². The van der Waals surface area contributed by atoms with Gasteiger partial charge in [0.15, 0.2) is 6.10 Å². The van der Waals surface area contributed by atoms with Gasteiger partial charge >= 0.3 is 0 Å². The van der Waals surface area contributed by atoms with E-state index in [-0.39, 0.29) is 18.6 Å². The van der Waals surface area contributed by atoms with Crippen LogP contribution in [0.2, 0.25) is 0 Å². The second-order valence-electron chi connectivity index (χ2n) is 6.53. The lowest BCUT2D eigenvalue weighted by atomic mass is 10.0. The van der Waals surface area contributed by atoms with Crippen molar-refractivity contribution in [3.63, 3.8) is 0 Å². The van der Waals surface area contributed by atoms with Crippen molar-refractivity contribution in [2.75, 3.05) is 20.3 Å². The van der Waals surface area contributed by atoms with Gasteiger partial charge in [0.2, 0.25) is 5.91 Å². The summed E-state index contributed by atoms with van der Waals surface area (Å²) in [4.78, 5) is 19.8. The average molecular weight is 352 g/mol. The van der Waals surface area contributed by atoms with Crippen LogP contribution in [-0.4, -0.2) is 42.9 Å². The first-order valence-electron chi connectivity index (χ1n) is 8.76. The van der Waals surface area contributed by atoms with Crippen LogP contribution in [-0.2, 0) is 20.9 Å². The lowest BCUT2D eigenvalue weighted by molar-refractivity contribution is -0.137. The molecule has 2 aromatic rings. The number of aryl methyl sites for hydroxylation is 1. The smallest absolute Gasteiger partial charge is 0.248 e. The third-order valence-electron chi connectivity index (χ3n) is 4.38. The first kappa shape index (κ1) is 18.1. The van der Waals surface area contributed by atoms with E-state index in [9.17, 15) is 4.79 Å². The van der Waals surface area contributed by atoms with Crippen molar-refractivity contribution >= 4 is 11.6 Å². The number of hydrogen-bond acceptors (Lipinski definition) is 4. The summed E-state index contributed by atoms with van der Waals surface area (Å²) >= 11 is 0. The standard InChI is InChI=1S/C21H24N2O3/c1-16-8-10-18(11-9-16)20-12-19(26-22-20)14-23(21(24)15-25-2)13-17-6-4-3-5-7-17/h3-11,19H,12-15H2,1-2H3/t19-/m0/s1. The predicted molar refractivity (Wildman–Crippen MR) is 101 cm³/mol. The maximum atomic E-state index is 12.4. The van der Waals surface area contributed by atoms with Gasteiger partial charge in [0.05, 0.1) is 12.3 Å². The molecular formula is C21H24N2O3. The Hall–Kier alpha value is -2.66. The van der Waals surface area contributed by atoms with Crippen LogP contribution in [0, 0.1) is 6.92 Å². The highest BCUT2D eigenvalue weighted by Gasteiger charge is 2.26. The van der Waals surface area contributed by atoms with Crippen LogP contribution in [0.15, 0.2) is 59.8 Å². The molecule has 0 bridgehead atoms. The average Bonchev–Trinajstić information content (AvgIpc) is 3.11. The Morgan fingerprint density at radius 1 is 1.19 bits per heavy atom. The van der Waals surface area contributed by atoms with Crippen molar-refractivity contribution < 1.29 is 14.4 Å². The lowest BCUT2D eigenvalue weighted by Gasteiger charge is -2.24. The Balaban J connectivity index is 1.64.